The fraction of sp³-hybridized carbons (Fsp3) is 0. The molecule has 0 saturated heterocycles. The zero-order chi connectivity index (χ0) is 7.07. The SMILES string of the molecule is N.c1cc[nH]c1.c1ccoc1. The van der Waals surface area contributed by atoms with E-state index in [0.29, 0.717) is 0 Å². The van der Waals surface area contributed by atoms with Gasteiger partial charge in [0.15, 0.2) is 0 Å². The van der Waals surface area contributed by atoms with Gasteiger partial charge in [0, 0.05) is 12.4 Å². The third-order valence-corrected chi connectivity index (χ3v) is 0.921. The normalized spacial score (nSPS) is 7.27. The van der Waals surface area contributed by atoms with Crippen LogP contribution in [0.4, 0.5) is 0 Å². The third kappa shape index (κ3) is 4.99. The predicted octanol–water partition coefficient (Wildman–Crippen LogP) is 2.46. The first-order valence-corrected chi connectivity index (χ1v) is 3.05. The summed E-state index contributed by atoms with van der Waals surface area (Å²) in [6, 6.07) is 7.56. The number of furan rings is 1. The maximum atomic E-state index is 4.58. The van der Waals surface area contributed by atoms with Crippen LogP contribution in [0.15, 0.2) is 53.6 Å². The van der Waals surface area contributed by atoms with Gasteiger partial charge in [-0.3, -0.25) is 0 Å². The van der Waals surface area contributed by atoms with Crippen molar-refractivity contribution < 1.29 is 4.42 Å². The highest BCUT2D eigenvalue weighted by molar-refractivity contribution is 4.84. The lowest BCUT2D eigenvalue weighted by atomic mass is 10.7. The molecule has 0 atom stereocenters. The van der Waals surface area contributed by atoms with Gasteiger partial charge in [-0.2, -0.15) is 0 Å². The number of hydrogen-bond acceptors (Lipinski definition) is 2. The van der Waals surface area contributed by atoms with Crippen LogP contribution in [0.1, 0.15) is 0 Å². The van der Waals surface area contributed by atoms with Gasteiger partial charge in [-0.1, -0.05) is 0 Å². The highest BCUT2D eigenvalue weighted by atomic mass is 16.3. The Morgan fingerprint density at radius 2 is 1.36 bits per heavy atom. The number of aromatic nitrogens is 1. The van der Waals surface area contributed by atoms with Crippen molar-refractivity contribution in [3.8, 4) is 0 Å². The zero-order valence-electron chi connectivity index (χ0n) is 6.23. The van der Waals surface area contributed by atoms with Gasteiger partial charge < -0.3 is 15.6 Å². The summed E-state index contributed by atoms with van der Waals surface area (Å²) in [5.41, 5.74) is 0. The molecule has 0 aliphatic rings. The van der Waals surface area contributed by atoms with E-state index in [1.165, 1.54) is 0 Å². The molecule has 0 aromatic carbocycles. The van der Waals surface area contributed by atoms with Crippen LogP contribution in [0, 0.1) is 0 Å². The van der Waals surface area contributed by atoms with E-state index < -0.39 is 0 Å². The summed E-state index contributed by atoms with van der Waals surface area (Å²) in [5.74, 6) is 0. The van der Waals surface area contributed by atoms with Crippen LogP contribution in [-0.4, -0.2) is 4.98 Å². The van der Waals surface area contributed by atoms with Crippen LogP contribution in [0.2, 0.25) is 0 Å². The fourth-order valence-corrected chi connectivity index (χ4v) is 0.505. The van der Waals surface area contributed by atoms with Crippen LogP contribution >= 0.6 is 0 Å². The van der Waals surface area contributed by atoms with Crippen LogP contribution < -0.4 is 6.15 Å². The molecule has 0 saturated carbocycles. The molecule has 2 heterocycles. The number of aromatic amines is 1. The van der Waals surface area contributed by atoms with E-state index in [-0.39, 0.29) is 6.15 Å². The molecule has 60 valence electrons. The van der Waals surface area contributed by atoms with Gasteiger partial charge in [0.05, 0.1) is 12.5 Å². The van der Waals surface area contributed by atoms with Crippen LogP contribution in [0.5, 0.6) is 0 Å². The van der Waals surface area contributed by atoms with Crippen molar-refractivity contribution in [2.75, 3.05) is 0 Å². The van der Waals surface area contributed by atoms with E-state index in [4.69, 9.17) is 0 Å². The average molecular weight is 152 g/mol. The summed E-state index contributed by atoms with van der Waals surface area (Å²) >= 11 is 0. The smallest absolute Gasteiger partial charge is 0.0902 e. The van der Waals surface area contributed by atoms with Crippen molar-refractivity contribution in [1.82, 2.24) is 11.1 Å². The van der Waals surface area contributed by atoms with E-state index >= 15 is 0 Å². The van der Waals surface area contributed by atoms with Crippen molar-refractivity contribution in [2.24, 2.45) is 0 Å². The Balaban J connectivity index is 0.000000167. The lowest BCUT2D eigenvalue weighted by Gasteiger charge is -1.50. The number of hydrogen-bond donors (Lipinski definition) is 2. The second-order valence-corrected chi connectivity index (χ2v) is 1.68. The van der Waals surface area contributed by atoms with Gasteiger partial charge in [0.25, 0.3) is 0 Å². The molecule has 0 amide bonds. The first-order valence-electron chi connectivity index (χ1n) is 3.05. The standard InChI is InChI=1S/C4H5N.C4H4O.H3N/c2*1-2-4-5-3-1;/h1-5H;1-4H;1H3. The first-order chi connectivity index (χ1) is 5.00. The highest BCUT2D eigenvalue weighted by Crippen LogP contribution is 1.79. The third-order valence-electron chi connectivity index (χ3n) is 0.921. The van der Waals surface area contributed by atoms with Gasteiger partial charge in [-0.15, -0.1) is 0 Å². The molecule has 2 rings (SSSR count). The van der Waals surface area contributed by atoms with Crippen LogP contribution in [0.25, 0.3) is 0 Å². The highest BCUT2D eigenvalue weighted by Gasteiger charge is 1.59. The summed E-state index contributed by atoms with van der Waals surface area (Å²) < 4.78 is 4.58. The predicted molar refractivity (Wildman–Crippen MR) is 44.5 cm³/mol. The Bertz CT molecular complexity index is 151. The van der Waals surface area contributed by atoms with Crippen molar-refractivity contribution in [3.05, 3.63) is 49.2 Å². The summed E-state index contributed by atoms with van der Waals surface area (Å²) in [6.07, 6.45) is 7.00. The second kappa shape index (κ2) is 6.64. The van der Waals surface area contributed by atoms with Crippen molar-refractivity contribution in [2.45, 2.75) is 0 Å². The molecule has 11 heavy (non-hydrogen) atoms. The summed E-state index contributed by atoms with van der Waals surface area (Å²) in [5, 5.41) is 0. The molecule has 3 nitrogen and oxygen atoms in total. The van der Waals surface area contributed by atoms with Gasteiger partial charge in [0.2, 0.25) is 0 Å². The minimum Gasteiger partial charge on any atom is -0.473 e. The van der Waals surface area contributed by atoms with Crippen molar-refractivity contribution in [3.63, 3.8) is 0 Å². The Hall–Kier alpha value is -1.48. The van der Waals surface area contributed by atoms with E-state index in [1.807, 2.05) is 36.7 Å². The van der Waals surface area contributed by atoms with Gasteiger partial charge >= 0.3 is 0 Å². The largest absolute Gasteiger partial charge is 0.473 e. The molecule has 0 aliphatic carbocycles. The van der Waals surface area contributed by atoms with Crippen molar-refractivity contribution >= 4 is 0 Å². The van der Waals surface area contributed by atoms with E-state index in [2.05, 4.69) is 9.40 Å². The Morgan fingerprint density at radius 1 is 0.818 bits per heavy atom. The zero-order valence-corrected chi connectivity index (χ0v) is 6.23. The van der Waals surface area contributed by atoms with E-state index in [9.17, 15) is 0 Å². The van der Waals surface area contributed by atoms with Crippen LogP contribution in [-0.2, 0) is 0 Å². The summed E-state index contributed by atoms with van der Waals surface area (Å²) in [7, 11) is 0. The second-order valence-electron chi connectivity index (χ2n) is 1.68. The molecule has 0 radical (unpaired) electrons. The van der Waals surface area contributed by atoms with Gasteiger partial charge in [-0.05, 0) is 24.3 Å². The molecular formula is C8H12N2O. The number of H-pyrrole nitrogens is 1. The molecular weight excluding hydrogens is 140 g/mol. The molecule has 4 N–H and O–H groups in total. The topological polar surface area (TPSA) is 63.9 Å². The molecule has 0 bridgehead atoms. The summed E-state index contributed by atoms with van der Waals surface area (Å²) in [6.45, 7) is 0. The summed E-state index contributed by atoms with van der Waals surface area (Å²) in [4.78, 5) is 2.86. The Kier molecular flexibility index (Phi) is 5.74. The number of nitrogens with one attached hydrogen (secondary N) is 1. The van der Waals surface area contributed by atoms with Gasteiger partial charge in [-0.25, -0.2) is 0 Å². The molecule has 0 fully saturated rings. The molecule has 0 unspecified atom stereocenters. The maximum Gasteiger partial charge on any atom is 0.0902 e. The quantitative estimate of drug-likeness (QED) is 0.609. The molecule has 0 spiro atoms. The first kappa shape index (κ1) is 9.52. The lowest BCUT2D eigenvalue weighted by molar-refractivity contribution is 0.567. The van der Waals surface area contributed by atoms with Crippen LogP contribution in [0.3, 0.4) is 0 Å². The number of rotatable bonds is 0. The minimum absolute atomic E-state index is 0. The van der Waals surface area contributed by atoms with E-state index in [0.717, 1.165) is 0 Å². The molecule has 2 aromatic rings. The Labute approximate surface area is 65.6 Å². The maximum absolute atomic E-state index is 4.58. The van der Waals surface area contributed by atoms with Gasteiger partial charge in [0.1, 0.15) is 0 Å². The lowest BCUT2D eigenvalue weighted by Crippen LogP contribution is -1.38. The Morgan fingerprint density at radius 3 is 1.55 bits per heavy atom. The molecule has 2 aromatic heterocycles. The molecule has 3 heteroatoms. The molecule has 0 aliphatic heterocycles. The van der Waals surface area contributed by atoms with E-state index in [1.54, 1.807) is 12.5 Å². The monoisotopic (exact) mass is 152 g/mol. The minimum atomic E-state index is 0. The fourth-order valence-electron chi connectivity index (χ4n) is 0.505. The average Bonchev–Trinajstić information content (AvgIpc) is 2.67. The van der Waals surface area contributed by atoms with Crippen molar-refractivity contribution in [1.29, 1.82) is 0 Å².